The molecule has 3 heterocycles. The van der Waals surface area contributed by atoms with E-state index in [4.69, 9.17) is 0 Å². The van der Waals surface area contributed by atoms with Gasteiger partial charge in [0.25, 0.3) is 0 Å². The van der Waals surface area contributed by atoms with Crippen LogP contribution >= 0.6 is 11.3 Å². The van der Waals surface area contributed by atoms with Gasteiger partial charge in [-0.1, -0.05) is 127 Å². The topological polar surface area (TPSA) is 9.86 Å². The lowest BCUT2D eigenvalue weighted by molar-refractivity contribution is 1.18. The third kappa shape index (κ3) is 4.22. The molecule has 0 aliphatic heterocycles. The molecule has 3 heteroatoms. The average Bonchev–Trinajstić information content (AvgIpc) is 3.86. The molecule has 11 aromatic rings. The van der Waals surface area contributed by atoms with Gasteiger partial charge in [0.1, 0.15) is 0 Å². The van der Waals surface area contributed by atoms with Gasteiger partial charge in [-0.25, -0.2) is 0 Å². The highest BCUT2D eigenvalue weighted by atomic mass is 32.1. The molecule has 0 radical (unpaired) electrons. The first kappa shape index (κ1) is 28.4. The Hall–Kier alpha value is -6.42. The molecule has 2 nitrogen and oxygen atoms in total. The molecule has 0 bridgehead atoms. The molecule has 0 N–H and O–H groups in total. The van der Waals surface area contributed by atoms with E-state index < -0.39 is 0 Å². The predicted molar refractivity (Wildman–Crippen MR) is 219 cm³/mol. The molecule has 51 heavy (non-hydrogen) atoms. The zero-order valence-electron chi connectivity index (χ0n) is 27.6. The number of rotatable bonds is 4. The Kier molecular flexibility index (Phi) is 6.16. The van der Waals surface area contributed by atoms with E-state index in [1.807, 2.05) is 11.3 Å². The summed E-state index contributed by atoms with van der Waals surface area (Å²) < 4.78 is 7.51. The number of para-hydroxylation sites is 3. The van der Waals surface area contributed by atoms with Crippen molar-refractivity contribution in [2.45, 2.75) is 0 Å². The van der Waals surface area contributed by atoms with Crippen LogP contribution < -0.4 is 0 Å². The van der Waals surface area contributed by atoms with Crippen molar-refractivity contribution < 1.29 is 0 Å². The first-order chi connectivity index (χ1) is 25.3. The molecule has 238 valence electrons. The average molecular weight is 667 g/mol. The van der Waals surface area contributed by atoms with Crippen molar-refractivity contribution in [2.24, 2.45) is 0 Å². The summed E-state index contributed by atoms with van der Waals surface area (Å²) in [6.07, 6.45) is 0. The van der Waals surface area contributed by atoms with Crippen LogP contribution in [0.3, 0.4) is 0 Å². The number of thiophene rings is 1. The van der Waals surface area contributed by atoms with Gasteiger partial charge in [-0.05, 0) is 76.9 Å². The summed E-state index contributed by atoms with van der Waals surface area (Å²) >= 11 is 1.88. The first-order valence-electron chi connectivity index (χ1n) is 17.4. The highest BCUT2D eigenvalue weighted by Crippen LogP contribution is 2.43. The van der Waals surface area contributed by atoms with Crippen molar-refractivity contribution in [3.8, 4) is 33.6 Å². The van der Waals surface area contributed by atoms with Gasteiger partial charge in [0.05, 0.1) is 22.1 Å². The number of nitrogens with zero attached hydrogens (tertiary/aromatic N) is 2. The van der Waals surface area contributed by atoms with Crippen LogP contribution in [-0.4, -0.2) is 9.13 Å². The Balaban J connectivity index is 1.13. The van der Waals surface area contributed by atoms with Crippen LogP contribution in [0.5, 0.6) is 0 Å². The molecule has 0 saturated heterocycles. The Morgan fingerprint density at radius 1 is 0.333 bits per heavy atom. The summed E-state index contributed by atoms with van der Waals surface area (Å²) in [6, 6.07) is 66.6. The number of benzene rings is 8. The van der Waals surface area contributed by atoms with Gasteiger partial charge in [0, 0.05) is 53.1 Å². The molecular formula is C48H30N2S. The van der Waals surface area contributed by atoms with Crippen molar-refractivity contribution >= 4 is 75.1 Å². The fourth-order valence-electron chi connectivity index (χ4n) is 8.32. The van der Waals surface area contributed by atoms with Gasteiger partial charge in [0.2, 0.25) is 0 Å². The smallest absolute Gasteiger partial charge is 0.0547 e. The van der Waals surface area contributed by atoms with Crippen molar-refractivity contribution in [1.29, 1.82) is 0 Å². The molecule has 0 atom stereocenters. The van der Waals surface area contributed by atoms with Crippen molar-refractivity contribution in [3.05, 3.63) is 182 Å². The second-order valence-corrected chi connectivity index (χ2v) is 14.4. The summed E-state index contributed by atoms with van der Waals surface area (Å²) in [4.78, 5) is 0. The maximum Gasteiger partial charge on any atom is 0.0547 e. The van der Waals surface area contributed by atoms with Crippen LogP contribution in [0.15, 0.2) is 182 Å². The van der Waals surface area contributed by atoms with Gasteiger partial charge < -0.3 is 9.13 Å². The van der Waals surface area contributed by atoms with Gasteiger partial charge in [-0.15, -0.1) is 11.3 Å². The minimum Gasteiger partial charge on any atom is -0.309 e. The van der Waals surface area contributed by atoms with Crippen molar-refractivity contribution in [1.82, 2.24) is 9.13 Å². The van der Waals surface area contributed by atoms with E-state index in [1.165, 1.54) is 91.7 Å². The van der Waals surface area contributed by atoms with Gasteiger partial charge in [-0.2, -0.15) is 0 Å². The number of aromatic nitrogens is 2. The molecule has 3 aromatic heterocycles. The van der Waals surface area contributed by atoms with Crippen molar-refractivity contribution in [2.75, 3.05) is 0 Å². The molecule has 0 amide bonds. The van der Waals surface area contributed by atoms with E-state index in [0.717, 1.165) is 5.69 Å². The maximum absolute atomic E-state index is 2.45. The number of fused-ring (bicyclic) bond motifs is 9. The molecule has 0 spiro atoms. The van der Waals surface area contributed by atoms with Crippen molar-refractivity contribution in [3.63, 3.8) is 0 Å². The fraction of sp³-hybridized carbons (Fsp3) is 0. The zero-order chi connectivity index (χ0) is 33.5. The summed E-state index contributed by atoms with van der Waals surface area (Å²) in [6.45, 7) is 0. The monoisotopic (exact) mass is 666 g/mol. The van der Waals surface area contributed by atoms with Crippen LogP contribution in [0, 0.1) is 0 Å². The molecule has 0 unspecified atom stereocenters. The Morgan fingerprint density at radius 3 is 1.80 bits per heavy atom. The summed E-state index contributed by atoms with van der Waals surface area (Å²) in [5.74, 6) is 0. The molecule has 0 fully saturated rings. The van der Waals surface area contributed by atoms with E-state index in [-0.39, 0.29) is 0 Å². The Morgan fingerprint density at radius 2 is 0.922 bits per heavy atom. The zero-order valence-corrected chi connectivity index (χ0v) is 28.4. The fourth-order valence-corrected chi connectivity index (χ4v) is 9.56. The van der Waals surface area contributed by atoms with E-state index in [1.54, 1.807) is 0 Å². The normalized spacial score (nSPS) is 11.9. The lowest BCUT2D eigenvalue weighted by atomic mass is 9.98. The molecule has 0 aliphatic rings. The molecule has 0 aliphatic carbocycles. The second-order valence-electron chi connectivity index (χ2n) is 13.3. The summed E-state index contributed by atoms with van der Waals surface area (Å²) in [7, 11) is 0. The van der Waals surface area contributed by atoms with Gasteiger partial charge in [0.15, 0.2) is 0 Å². The van der Waals surface area contributed by atoms with E-state index in [2.05, 4.69) is 191 Å². The standard InChI is InChI=1S/C48H30N2S/c1-2-14-33(15-3-1)49-42-23-7-4-17-37(42)38-28-27-32(30-45(38)49)35-20-12-25-44-47(35)41-19-5-8-24-43(41)50(44)34-16-10-13-31(29-34)36-21-11-22-40-39-18-6-9-26-46(39)51-48(36)40/h1-30H. The van der Waals surface area contributed by atoms with Crippen LogP contribution in [0.4, 0.5) is 0 Å². The lowest BCUT2D eigenvalue weighted by Gasteiger charge is -2.12. The van der Waals surface area contributed by atoms with E-state index in [0.29, 0.717) is 0 Å². The molecule has 8 aromatic carbocycles. The van der Waals surface area contributed by atoms with Crippen LogP contribution in [0.1, 0.15) is 0 Å². The number of hydrogen-bond donors (Lipinski definition) is 0. The van der Waals surface area contributed by atoms with Crippen LogP contribution in [0.25, 0.3) is 97.4 Å². The number of hydrogen-bond acceptors (Lipinski definition) is 1. The molecule has 0 saturated carbocycles. The first-order valence-corrected chi connectivity index (χ1v) is 18.3. The Labute approximate surface area is 298 Å². The van der Waals surface area contributed by atoms with Gasteiger partial charge in [-0.3, -0.25) is 0 Å². The SMILES string of the molecule is c1ccc(-n2c3ccccc3c3ccc(-c4cccc5c4c4ccccc4n5-c4cccc(-c5cccc6c5sc5ccccc56)c4)cc32)cc1. The van der Waals surface area contributed by atoms with Gasteiger partial charge >= 0.3 is 0 Å². The summed E-state index contributed by atoms with van der Waals surface area (Å²) in [5, 5.41) is 7.70. The maximum atomic E-state index is 2.45. The summed E-state index contributed by atoms with van der Waals surface area (Å²) in [5.41, 5.74) is 12.1. The van der Waals surface area contributed by atoms with E-state index >= 15 is 0 Å². The third-order valence-corrected chi connectivity index (χ3v) is 11.7. The third-order valence-electron chi connectivity index (χ3n) is 10.5. The van der Waals surface area contributed by atoms with Crippen LogP contribution in [-0.2, 0) is 0 Å². The Bertz CT molecular complexity index is 3140. The quantitative estimate of drug-likeness (QED) is 0.177. The predicted octanol–water partition coefficient (Wildman–Crippen LogP) is 13.6. The molecule has 11 rings (SSSR count). The minimum atomic E-state index is 1.16. The highest BCUT2D eigenvalue weighted by Gasteiger charge is 2.19. The largest absolute Gasteiger partial charge is 0.309 e. The molecular weight excluding hydrogens is 637 g/mol. The van der Waals surface area contributed by atoms with Crippen LogP contribution in [0.2, 0.25) is 0 Å². The minimum absolute atomic E-state index is 1.16. The second kappa shape index (κ2) is 11.0. The highest BCUT2D eigenvalue weighted by molar-refractivity contribution is 7.26. The van der Waals surface area contributed by atoms with E-state index in [9.17, 15) is 0 Å². The lowest BCUT2D eigenvalue weighted by Crippen LogP contribution is -1.94.